The zero-order chi connectivity index (χ0) is 15.4. The predicted octanol–water partition coefficient (Wildman–Crippen LogP) is 1.67. The number of aromatic nitrogens is 1. The molecule has 1 amide bonds. The van der Waals surface area contributed by atoms with Crippen LogP contribution in [0.25, 0.3) is 0 Å². The number of hydrogen-bond donors (Lipinski definition) is 1. The number of carbonyl (C=O) groups excluding carboxylic acids is 1. The third-order valence-electron chi connectivity index (χ3n) is 3.89. The Labute approximate surface area is 129 Å². The summed E-state index contributed by atoms with van der Waals surface area (Å²) in [5.41, 5.74) is 2.53. The molecule has 3 rings (SSSR count). The summed E-state index contributed by atoms with van der Waals surface area (Å²) >= 11 is 0. The highest BCUT2D eigenvalue weighted by atomic mass is 16.5. The topological polar surface area (TPSA) is 61.6 Å². The maximum Gasteiger partial charge on any atom is 0.253 e. The molecule has 0 saturated carbocycles. The van der Waals surface area contributed by atoms with Gasteiger partial charge in [0.05, 0.1) is 6.54 Å². The Bertz CT molecular complexity index is 602. The van der Waals surface area contributed by atoms with Crippen LogP contribution in [-0.2, 0) is 6.54 Å². The van der Waals surface area contributed by atoms with Gasteiger partial charge in [-0.15, -0.1) is 0 Å². The maximum atomic E-state index is 12.4. The summed E-state index contributed by atoms with van der Waals surface area (Å²) in [6.07, 6.45) is 1.55. The molecule has 0 bridgehead atoms. The average Bonchev–Trinajstić information content (AvgIpc) is 3.07. The number of benzene rings is 1. The first-order valence-electron chi connectivity index (χ1n) is 7.43. The number of amides is 1. The van der Waals surface area contributed by atoms with Crippen LogP contribution in [0.2, 0.25) is 0 Å². The van der Waals surface area contributed by atoms with Crippen molar-refractivity contribution in [3.8, 4) is 0 Å². The minimum absolute atomic E-state index is 0.108. The highest BCUT2D eigenvalue weighted by molar-refractivity contribution is 5.94. The summed E-state index contributed by atoms with van der Waals surface area (Å²) in [7, 11) is 2.08. The number of hydrogen-bond acceptors (Lipinski definition) is 5. The van der Waals surface area contributed by atoms with Crippen LogP contribution in [-0.4, -0.2) is 54.1 Å². The molecule has 6 nitrogen and oxygen atoms in total. The molecule has 22 heavy (non-hydrogen) atoms. The fourth-order valence-corrected chi connectivity index (χ4v) is 2.44. The third kappa shape index (κ3) is 3.46. The van der Waals surface area contributed by atoms with E-state index < -0.39 is 0 Å². The number of carbonyl (C=O) groups is 1. The van der Waals surface area contributed by atoms with Crippen LogP contribution in [0.4, 0.5) is 5.69 Å². The van der Waals surface area contributed by atoms with Crippen LogP contribution in [0.5, 0.6) is 0 Å². The predicted molar refractivity (Wildman–Crippen MR) is 83.7 cm³/mol. The molecular formula is C16H20N4O2. The number of anilines is 1. The van der Waals surface area contributed by atoms with Gasteiger partial charge in [0.2, 0.25) is 0 Å². The van der Waals surface area contributed by atoms with Crippen LogP contribution in [0.1, 0.15) is 16.1 Å². The smallest absolute Gasteiger partial charge is 0.253 e. The standard InChI is InChI=1S/C16H20N4O2/c1-19-7-9-20(10-8-19)16(21)13-2-4-14(5-3-13)17-12-15-6-11-22-18-15/h2-6,11,17H,7-10,12H2,1H3. The summed E-state index contributed by atoms with van der Waals surface area (Å²) in [6, 6.07) is 9.39. The van der Waals surface area contributed by atoms with Gasteiger partial charge in [0.1, 0.15) is 12.0 Å². The molecule has 0 unspecified atom stereocenters. The van der Waals surface area contributed by atoms with Crippen LogP contribution < -0.4 is 5.32 Å². The highest BCUT2D eigenvalue weighted by Crippen LogP contribution is 2.13. The van der Waals surface area contributed by atoms with Crippen molar-refractivity contribution >= 4 is 11.6 Å². The number of piperazine rings is 1. The molecule has 1 aromatic heterocycles. The summed E-state index contributed by atoms with van der Waals surface area (Å²) < 4.78 is 4.78. The van der Waals surface area contributed by atoms with Crippen LogP contribution >= 0.6 is 0 Å². The first-order valence-corrected chi connectivity index (χ1v) is 7.43. The minimum Gasteiger partial charge on any atom is -0.379 e. The molecule has 0 aliphatic carbocycles. The molecule has 1 aliphatic rings. The zero-order valence-electron chi connectivity index (χ0n) is 12.7. The van der Waals surface area contributed by atoms with E-state index in [9.17, 15) is 4.79 Å². The van der Waals surface area contributed by atoms with E-state index in [4.69, 9.17) is 4.52 Å². The monoisotopic (exact) mass is 300 g/mol. The third-order valence-corrected chi connectivity index (χ3v) is 3.89. The lowest BCUT2D eigenvalue weighted by Crippen LogP contribution is -2.47. The van der Waals surface area contributed by atoms with Crippen molar-refractivity contribution in [3.63, 3.8) is 0 Å². The van der Waals surface area contributed by atoms with Crippen LogP contribution in [0.3, 0.4) is 0 Å². The Kier molecular flexibility index (Phi) is 4.39. The second kappa shape index (κ2) is 6.62. The van der Waals surface area contributed by atoms with Gasteiger partial charge >= 0.3 is 0 Å². The normalized spacial score (nSPS) is 15.8. The van der Waals surface area contributed by atoms with Gasteiger partial charge in [-0.3, -0.25) is 4.79 Å². The number of nitrogens with zero attached hydrogens (tertiary/aromatic N) is 3. The SMILES string of the molecule is CN1CCN(C(=O)c2ccc(NCc3ccon3)cc2)CC1. The molecule has 2 aromatic rings. The molecule has 1 aromatic carbocycles. The summed E-state index contributed by atoms with van der Waals surface area (Å²) in [4.78, 5) is 16.6. The largest absolute Gasteiger partial charge is 0.379 e. The van der Waals surface area contributed by atoms with E-state index in [1.807, 2.05) is 35.2 Å². The molecule has 1 N–H and O–H groups in total. The molecule has 1 fully saturated rings. The van der Waals surface area contributed by atoms with E-state index in [0.29, 0.717) is 6.54 Å². The molecule has 1 saturated heterocycles. The zero-order valence-corrected chi connectivity index (χ0v) is 12.7. The van der Waals surface area contributed by atoms with E-state index in [1.165, 1.54) is 0 Å². The molecule has 1 aliphatic heterocycles. The van der Waals surface area contributed by atoms with Gasteiger partial charge in [-0.1, -0.05) is 5.16 Å². The Morgan fingerprint density at radius 1 is 1.18 bits per heavy atom. The fourth-order valence-electron chi connectivity index (χ4n) is 2.44. The van der Waals surface area contributed by atoms with Crippen molar-refractivity contribution in [3.05, 3.63) is 47.9 Å². The minimum atomic E-state index is 0.108. The van der Waals surface area contributed by atoms with E-state index in [-0.39, 0.29) is 5.91 Å². The van der Waals surface area contributed by atoms with Gasteiger partial charge in [-0.05, 0) is 31.3 Å². The molecule has 116 valence electrons. The second-order valence-corrected chi connectivity index (χ2v) is 5.52. The van der Waals surface area contributed by atoms with Gasteiger partial charge in [0.25, 0.3) is 5.91 Å². The van der Waals surface area contributed by atoms with E-state index >= 15 is 0 Å². The maximum absolute atomic E-state index is 12.4. The van der Waals surface area contributed by atoms with Gasteiger partial charge in [-0.2, -0.15) is 0 Å². The quantitative estimate of drug-likeness (QED) is 0.931. The molecule has 6 heteroatoms. The first-order chi connectivity index (χ1) is 10.7. The number of nitrogens with one attached hydrogen (secondary N) is 1. The second-order valence-electron chi connectivity index (χ2n) is 5.52. The first kappa shape index (κ1) is 14.6. The van der Waals surface area contributed by atoms with Gasteiger partial charge in [0.15, 0.2) is 0 Å². The van der Waals surface area contributed by atoms with Crippen molar-refractivity contribution in [1.29, 1.82) is 0 Å². The lowest BCUT2D eigenvalue weighted by molar-refractivity contribution is 0.0664. The van der Waals surface area contributed by atoms with Crippen molar-refractivity contribution in [2.45, 2.75) is 6.54 Å². The number of likely N-dealkylation sites (N-methyl/N-ethyl adjacent to an activating group) is 1. The average molecular weight is 300 g/mol. The van der Waals surface area contributed by atoms with E-state index in [1.54, 1.807) is 6.26 Å². The van der Waals surface area contributed by atoms with Crippen molar-refractivity contribution < 1.29 is 9.32 Å². The summed E-state index contributed by atoms with van der Waals surface area (Å²) in [6.45, 7) is 4.05. The van der Waals surface area contributed by atoms with Gasteiger partial charge in [-0.25, -0.2) is 0 Å². The van der Waals surface area contributed by atoms with Crippen molar-refractivity contribution in [2.75, 3.05) is 38.5 Å². The molecule has 2 heterocycles. The lowest BCUT2D eigenvalue weighted by Gasteiger charge is -2.32. The van der Waals surface area contributed by atoms with Crippen LogP contribution in [0, 0.1) is 0 Å². The molecule has 0 spiro atoms. The fraction of sp³-hybridized carbons (Fsp3) is 0.375. The molecule has 0 radical (unpaired) electrons. The Hall–Kier alpha value is -2.34. The van der Waals surface area contributed by atoms with Gasteiger partial charge < -0.3 is 19.6 Å². The van der Waals surface area contributed by atoms with E-state index in [0.717, 1.165) is 43.1 Å². The molecule has 0 atom stereocenters. The summed E-state index contributed by atoms with van der Waals surface area (Å²) in [5, 5.41) is 7.09. The van der Waals surface area contributed by atoms with Crippen LogP contribution in [0.15, 0.2) is 41.1 Å². The van der Waals surface area contributed by atoms with Gasteiger partial charge in [0, 0.05) is 43.5 Å². The lowest BCUT2D eigenvalue weighted by atomic mass is 10.1. The Morgan fingerprint density at radius 2 is 1.91 bits per heavy atom. The molecular weight excluding hydrogens is 280 g/mol. The Morgan fingerprint density at radius 3 is 2.55 bits per heavy atom. The van der Waals surface area contributed by atoms with Crippen molar-refractivity contribution in [1.82, 2.24) is 15.0 Å². The highest BCUT2D eigenvalue weighted by Gasteiger charge is 2.20. The van der Waals surface area contributed by atoms with Crippen molar-refractivity contribution in [2.24, 2.45) is 0 Å². The van der Waals surface area contributed by atoms with E-state index in [2.05, 4.69) is 22.4 Å². The number of rotatable bonds is 4. The summed E-state index contributed by atoms with van der Waals surface area (Å²) in [5.74, 6) is 0.108. The Balaban J connectivity index is 1.57.